The van der Waals surface area contributed by atoms with Crippen LogP contribution in [0.25, 0.3) is 0 Å². The number of hydrogen-bond acceptors (Lipinski definition) is 4. The molecule has 1 heterocycles. The highest BCUT2D eigenvalue weighted by molar-refractivity contribution is 7.99. The van der Waals surface area contributed by atoms with E-state index in [-0.39, 0.29) is 5.91 Å². The van der Waals surface area contributed by atoms with Crippen LogP contribution in [0.2, 0.25) is 0 Å². The lowest BCUT2D eigenvalue weighted by Crippen LogP contribution is -2.14. The normalized spacial score (nSPS) is 10.9. The Labute approximate surface area is 128 Å². The molecule has 0 aliphatic carbocycles. The van der Waals surface area contributed by atoms with Gasteiger partial charge in [0, 0.05) is 12.1 Å². The molecule has 0 radical (unpaired) electrons. The summed E-state index contributed by atoms with van der Waals surface area (Å²) in [6.45, 7) is 6.26. The van der Waals surface area contributed by atoms with Crippen LogP contribution in [0.15, 0.2) is 29.4 Å². The first-order valence-electron chi connectivity index (χ1n) is 7.02. The van der Waals surface area contributed by atoms with Crippen molar-refractivity contribution >= 4 is 23.4 Å². The number of benzene rings is 1. The van der Waals surface area contributed by atoms with Crippen LogP contribution in [-0.2, 0) is 11.2 Å². The number of amides is 1. The monoisotopic (exact) mass is 304 g/mol. The van der Waals surface area contributed by atoms with Crippen molar-refractivity contribution < 1.29 is 4.79 Å². The minimum Gasteiger partial charge on any atom is -0.325 e. The van der Waals surface area contributed by atoms with Gasteiger partial charge in [0.2, 0.25) is 11.1 Å². The SMILES string of the molecule is CCc1nc(SCC(=O)Nc2cccc(C(C)C)c2)n[nH]1. The number of anilines is 1. The van der Waals surface area contributed by atoms with Gasteiger partial charge in [0.05, 0.1) is 5.75 Å². The summed E-state index contributed by atoms with van der Waals surface area (Å²) in [5.41, 5.74) is 2.04. The van der Waals surface area contributed by atoms with E-state index in [9.17, 15) is 4.79 Å². The van der Waals surface area contributed by atoms with Crippen molar-refractivity contribution in [1.29, 1.82) is 0 Å². The summed E-state index contributed by atoms with van der Waals surface area (Å²) >= 11 is 1.33. The fraction of sp³-hybridized carbons (Fsp3) is 0.400. The molecule has 1 aromatic carbocycles. The topological polar surface area (TPSA) is 70.7 Å². The maximum absolute atomic E-state index is 11.9. The molecule has 1 aromatic heterocycles. The number of rotatable bonds is 6. The van der Waals surface area contributed by atoms with E-state index in [0.717, 1.165) is 17.9 Å². The lowest BCUT2D eigenvalue weighted by atomic mass is 10.0. The van der Waals surface area contributed by atoms with Crippen molar-refractivity contribution in [2.75, 3.05) is 11.1 Å². The van der Waals surface area contributed by atoms with Gasteiger partial charge in [0.15, 0.2) is 0 Å². The van der Waals surface area contributed by atoms with Crippen molar-refractivity contribution in [2.45, 2.75) is 38.3 Å². The largest absolute Gasteiger partial charge is 0.325 e. The molecule has 6 heteroatoms. The molecule has 0 saturated heterocycles. The van der Waals surface area contributed by atoms with Crippen LogP contribution in [0.3, 0.4) is 0 Å². The van der Waals surface area contributed by atoms with Crippen molar-refractivity contribution in [1.82, 2.24) is 15.2 Å². The smallest absolute Gasteiger partial charge is 0.234 e. The molecule has 2 rings (SSSR count). The third-order valence-corrected chi connectivity index (χ3v) is 3.86. The first-order valence-corrected chi connectivity index (χ1v) is 8.01. The second-order valence-corrected chi connectivity index (χ2v) is 5.98. The van der Waals surface area contributed by atoms with Gasteiger partial charge in [-0.05, 0) is 23.6 Å². The fourth-order valence-electron chi connectivity index (χ4n) is 1.80. The van der Waals surface area contributed by atoms with Crippen LogP contribution >= 0.6 is 11.8 Å². The summed E-state index contributed by atoms with van der Waals surface area (Å²) in [5.74, 6) is 1.52. The molecule has 0 atom stereocenters. The summed E-state index contributed by atoms with van der Waals surface area (Å²) in [5, 5.41) is 10.4. The Morgan fingerprint density at radius 1 is 1.43 bits per heavy atom. The van der Waals surface area contributed by atoms with E-state index < -0.39 is 0 Å². The molecule has 0 aliphatic rings. The molecule has 0 bridgehead atoms. The number of aromatic amines is 1. The van der Waals surface area contributed by atoms with Gasteiger partial charge < -0.3 is 5.32 Å². The highest BCUT2D eigenvalue weighted by atomic mass is 32.2. The zero-order chi connectivity index (χ0) is 15.2. The fourth-order valence-corrected chi connectivity index (χ4v) is 2.42. The quantitative estimate of drug-likeness (QED) is 0.804. The van der Waals surface area contributed by atoms with Crippen molar-refractivity contribution in [3.05, 3.63) is 35.7 Å². The molecule has 2 N–H and O–H groups in total. The maximum atomic E-state index is 11.9. The van der Waals surface area contributed by atoms with Crippen molar-refractivity contribution in [3.8, 4) is 0 Å². The lowest BCUT2D eigenvalue weighted by Gasteiger charge is -2.09. The Hall–Kier alpha value is -1.82. The first-order chi connectivity index (χ1) is 10.1. The van der Waals surface area contributed by atoms with Gasteiger partial charge in [0.1, 0.15) is 5.82 Å². The van der Waals surface area contributed by atoms with Gasteiger partial charge in [-0.2, -0.15) is 0 Å². The molecule has 21 heavy (non-hydrogen) atoms. The van der Waals surface area contributed by atoms with E-state index in [1.807, 2.05) is 25.1 Å². The number of aromatic nitrogens is 3. The first kappa shape index (κ1) is 15.6. The lowest BCUT2D eigenvalue weighted by molar-refractivity contribution is -0.113. The van der Waals surface area contributed by atoms with Gasteiger partial charge in [0.25, 0.3) is 0 Å². The van der Waals surface area contributed by atoms with E-state index in [4.69, 9.17) is 0 Å². The summed E-state index contributed by atoms with van der Waals surface area (Å²) in [4.78, 5) is 16.2. The van der Waals surface area contributed by atoms with Crippen LogP contribution in [0.1, 0.15) is 38.1 Å². The van der Waals surface area contributed by atoms with Crippen molar-refractivity contribution in [3.63, 3.8) is 0 Å². The Morgan fingerprint density at radius 2 is 2.24 bits per heavy atom. The zero-order valence-corrected chi connectivity index (χ0v) is 13.3. The minimum atomic E-state index is -0.0521. The Morgan fingerprint density at radius 3 is 2.90 bits per heavy atom. The average molecular weight is 304 g/mol. The highest BCUT2D eigenvalue weighted by Crippen LogP contribution is 2.19. The molecule has 0 saturated carbocycles. The molecular weight excluding hydrogens is 284 g/mol. The van der Waals surface area contributed by atoms with E-state index in [2.05, 4.69) is 40.4 Å². The molecule has 0 spiro atoms. The van der Waals surface area contributed by atoms with Crippen LogP contribution < -0.4 is 5.32 Å². The van der Waals surface area contributed by atoms with E-state index >= 15 is 0 Å². The van der Waals surface area contributed by atoms with E-state index in [1.54, 1.807) is 0 Å². The third kappa shape index (κ3) is 4.60. The molecule has 0 fully saturated rings. The van der Waals surface area contributed by atoms with E-state index in [0.29, 0.717) is 16.8 Å². The summed E-state index contributed by atoms with van der Waals surface area (Å²) in [6.07, 6.45) is 0.807. The molecule has 112 valence electrons. The number of aryl methyl sites for hydroxylation is 1. The number of nitrogens with zero attached hydrogens (tertiary/aromatic N) is 2. The summed E-state index contributed by atoms with van der Waals surface area (Å²) in [7, 11) is 0. The van der Waals surface area contributed by atoms with Gasteiger partial charge >= 0.3 is 0 Å². The number of nitrogens with one attached hydrogen (secondary N) is 2. The van der Waals surface area contributed by atoms with Gasteiger partial charge in [-0.25, -0.2) is 4.98 Å². The molecule has 0 unspecified atom stereocenters. The molecule has 0 aliphatic heterocycles. The third-order valence-electron chi connectivity index (χ3n) is 3.02. The standard InChI is InChI=1S/C15H20N4OS/c1-4-13-17-15(19-18-13)21-9-14(20)16-12-7-5-6-11(8-12)10(2)3/h5-8,10H,4,9H2,1-3H3,(H,16,20)(H,17,18,19). The van der Waals surface area contributed by atoms with Gasteiger partial charge in [-0.1, -0.05) is 44.7 Å². The predicted octanol–water partition coefficient (Wildman–Crippen LogP) is 3.22. The summed E-state index contributed by atoms with van der Waals surface area (Å²) < 4.78 is 0. The van der Waals surface area contributed by atoms with Gasteiger partial charge in [-0.15, -0.1) is 5.10 Å². The maximum Gasteiger partial charge on any atom is 0.234 e. The average Bonchev–Trinajstić information content (AvgIpc) is 2.93. The number of hydrogen-bond donors (Lipinski definition) is 2. The van der Waals surface area contributed by atoms with E-state index in [1.165, 1.54) is 17.3 Å². The second-order valence-electron chi connectivity index (χ2n) is 5.04. The Kier molecular flexibility index (Phi) is 5.38. The number of carbonyl (C=O) groups excluding carboxylic acids is 1. The van der Waals surface area contributed by atoms with Crippen LogP contribution in [0.5, 0.6) is 0 Å². The zero-order valence-electron chi connectivity index (χ0n) is 12.5. The second kappa shape index (κ2) is 7.26. The van der Waals surface area contributed by atoms with Crippen molar-refractivity contribution in [2.24, 2.45) is 0 Å². The van der Waals surface area contributed by atoms with Crippen LogP contribution in [-0.4, -0.2) is 26.8 Å². The number of thioether (sulfide) groups is 1. The minimum absolute atomic E-state index is 0.0521. The Balaban J connectivity index is 1.88. The predicted molar refractivity (Wildman–Crippen MR) is 85.6 cm³/mol. The highest BCUT2D eigenvalue weighted by Gasteiger charge is 2.08. The molecule has 5 nitrogen and oxygen atoms in total. The van der Waals surface area contributed by atoms with Crippen LogP contribution in [0, 0.1) is 0 Å². The van der Waals surface area contributed by atoms with Crippen LogP contribution in [0.4, 0.5) is 5.69 Å². The number of carbonyl (C=O) groups is 1. The molecule has 1 amide bonds. The van der Waals surface area contributed by atoms with Gasteiger partial charge in [-0.3, -0.25) is 9.89 Å². The molecular formula is C15H20N4OS. The number of H-pyrrole nitrogens is 1. The molecule has 2 aromatic rings. The summed E-state index contributed by atoms with van der Waals surface area (Å²) in [6, 6.07) is 7.93. The Bertz CT molecular complexity index is 609.